The summed E-state index contributed by atoms with van der Waals surface area (Å²) >= 11 is 0. The Morgan fingerprint density at radius 1 is 1.28 bits per heavy atom. The van der Waals surface area contributed by atoms with Gasteiger partial charge in [0.05, 0.1) is 12.9 Å². The average Bonchev–Trinajstić information content (AvgIpc) is 2.58. The van der Waals surface area contributed by atoms with Crippen LogP contribution in [0.25, 0.3) is 0 Å². The first kappa shape index (κ1) is 13.0. The Labute approximate surface area is 107 Å². The maximum atomic E-state index is 12.0. The van der Waals surface area contributed by atoms with E-state index in [-0.39, 0.29) is 12.6 Å². The number of carbonyl (C=O) groups excluding carboxylic acids is 1. The standard InChI is InChI=1S/C12H16N2O3S/c1-13-9-14(18(2,16)17)11(12(13)15)8-10-6-4-3-5-7-10/h3-7,11H,8-9H2,1-2H3/t11-/m0/s1. The molecular weight excluding hydrogens is 252 g/mol. The fourth-order valence-corrected chi connectivity index (χ4v) is 3.13. The molecule has 1 heterocycles. The molecular formula is C12H16N2O3S. The summed E-state index contributed by atoms with van der Waals surface area (Å²) in [6.45, 7) is 0.134. The van der Waals surface area contributed by atoms with Crippen molar-refractivity contribution < 1.29 is 13.2 Å². The first-order valence-corrected chi connectivity index (χ1v) is 7.50. The van der Waals surface area contributed by atoms with Gasteiger partial charge in [-0.2, -0.15) is 4.31 Å². The summed E-state index contributed by atoms with van der Waals surface area (Å²) in [5.74, 6) is -0.149. The highest BCUT2D eigenvalue weighted by Crippen LogP contribution is 2.20. The Morgan fingerprint density at radius 2 is 1.89 bits per heavy atom. The van der Waals surface area contributed by atoms with Crippen molar-refractivity contribution in [1.82, 2.24) is 9.21 Å². The second-order valence-electron chi connectivity index (χ2n) is 4.53. The lowest BCUT2D eigenvalue weighted by Crippen LogP contribution is -2.38. The zero-order valence-electron chi connectivity index (χ0n) is 10.4. The smallest absolute Gasteiger partial charge is 0.242 e. The van der Waals surface area contributed by atoms with Crippen LogP contribution in [0.5, 0.6) is 0 Å². The molecule has 1 atom stereocenters. The lowest BCUT2D eigenvalue weighted by Gasteiger charge is -2.18. The number of amides is 1. The summed E-state index contributed by atoms with van der Waals surface area (Å²) in [5, 5.41) is 0. The van der Waals surface area contributed by atoms with Gasteiger partial charge >= 0.3 is 0 Å². The average molecular weight is 268 g/mol. The fraction of sp³-hybridized carbons (Fsp3) is 0.417. The highest BCUT2D eigenvalue weighted by Gasteiger charge is 2.41. The summed E-state index contributed by atoms with van der Waals surface area (Å²) < 4.78 is 24.6. The van der Waals surface area contributed by atoms with E-state index < -0.39 is 16.1 Å². The third-order valence-electron chi connectivity index (χ3n) is 3.06. The van der Waals surface area contributed by atoms with Crippen molar-refractivity contribution in [2.24, 2.45) is 0 Å². The zero-order chi connectivity index (χ0) is 13.3. The Balaban J connectivity index is 2.26. The van der Waals surface area contributed by atoms with E-state index in [0.717, 1.165) is 11.8 Å². The molecule has 0 radical (unpaired) electrons. The fourth-order valence-electron chi connectivity index (χ4n) is 2.12. The number of sulfonamides is 1. The Kier molecular flexibility index (Phi) is 3.41. The molecule has 18 heavy (non-hydrogen) atoms. The van der Waals surface area contributed by atoms with Crippen LogP contribution >= 0.6 is 0 Å². The normalized spacial score (nSPS) is 21.6. The molecule has 0 unspecified atom stereocenters. The summed E-state index contributed by atoms with van der Waals surface area (Å²) in [6.07, 6.45) is 1.55. The van der Waals surface area contributed by atoms with Crippen molar-refractivity contribution in [3.8, 4) is 0 Å². The van der Waals surface area contributed by atoms with Crippen LogP contribution in [0, 0.1) is 0 Å². The predicted octanol–water partition coefficient (Wildman–Crippen LogP) is 0.289. The molecule has 1 saturated heterocycles. The van der Waals surface area contributed by atoms with Gasteiger partial charge in [-0.3, -0.25) is 4.79 Å². The molecule has 2 rings (SSSR count). The van der Waals surface area contributed by atoms with E-state index in [1.165, 1.54) is 9.21 Å². The number of nitrogens with zero attached hydrogens (tertiary/aromatic N) is 2. The van der Waals surface area contributed by atoms with Gasteiger partial charge in [-0.1, -0.05) is 30.3 Å². The summed E-state index contributed by atoms with van der Waals surface area (Å²) in [5.41, 5.74) is 0.958. The van der Waals surface area contributed by atoms with Crippen molar-refractivity contribution in [1.29, 1.82) is 0 Å². The first-order valence-electron chi connectivity index (χ1n) is 5.65. The molecule has 0 N–H and O–H groups in total. The number of rotatable bonds is 3. The van der Waals surface area contributed by atoms with E-state index >= 15 is 0 Å². The molecule has 0 aromatic heterocycles. The molecule has 1 aliphatic rings. The molecule has 0 saturated carbocycles. The van der Waals surface area contributed by atoms with Gasteiger partial charge in [-0.25, -0.2) is 8.42 Å². The number of likely N-dealkylation sites (N-methyl/N-ethyl adjacent to an activating group) is 1. The minimum atomic E-state index is -3.37. The van der Waals surface area contributed by atoms with Gasteiger partial charge in [0.25, 0.3) is 0 Å². The van der Waals surface area contributed by atoms with E-state index in [1.54, 1.807) is 7.05 Å². The van der Waals surface area contributed by atoms with Crippen molar-refractivity contribution in [2.45, 2.75) is 12.5 Å². The Hall–Kier alpha value is -1.40. The van der Waals surface area contributed by atoms with Crippen LogP contribution in [0.15, 0.2) is 30.3 Å². The molecule has 0 bridgehead atoms. The van der Waals surface area contributed by atoms with Crippen molar-refractivity contribution >= 4 is 15.9 Å². The van der Waals surface area contributed by atoms with E-state index in [1.807, 2.05) is 30.3 Å². The second kappa shape index (κ2) is 4.70. The molecule has 1 aromatic rings. The van der Waals surface area contributed by atoms with Gasteiger partial charge < -0.3 is 4.90 Å². The van der Waals surface area contributed by atoms with Gasteiger partial charge in [-0.05, 0) is 12.0 Å². The monoisotopic (exact) mass is 268 g/mol. The number of carbonyl (C=O) groups is 1. The topological polar surface area (TPSA) is 57.7 Å². The van der Waals surface area contributed by atoms with Gasteiger partial charge in [0, 0.05) is 7.05 Å². The quantitative estimate of drug-likeness (QED) is 0.791. The molecule has 6 heteroatoms. The SMILES string of the molecule is CN1CN(S(C)(=O)=O)[C@@H](Cc2ccccc2)C1=O. The molecule has 98 valence electrons. The molecule has 0 aliphatic carbocycles. The largest absolute Gasteiger partial charge is 0.330 e. The van der Waals surface area contributed by atoms with Gasteiger partial charge in [0.2, 0.25) is 15.9 Å². The maximum absolute atomic E-state index is 12.0. The Morgan fingerprint density at radius 3 is 2.44 bits per heavy atom. The van der Waals surface area contributed by atoms with Gasteiger partial charge in [0.1, 0.15) is 6.04 Å². The van der Waals surface area contributed by atoms with Crippen LogP contribution in [0.3, 0.4) is 0 Å². The van der Waals surface area contributed by atoms with E-state index in [2.05, 4.69) is 0 Å². The number of benzene rings is 1. The summed E-state index contributed by atoms with van der Waals surface area (Å²) in [6, 6.07) is 8.82. The van der Waals surface area contributed by atoms with Crippen LogP contribution < -0.4 is 0 Å². The summed E-state index contributed by atoms with van der Waals surface area (Å²) in [4.78, 5) is 13.4. The van der Waals surface area contributed by atoms with Crippen LogP contribution in [0.4, 0.5) is 0 Å². The highest BCUT2D eigenvalue weighted by molar-refractivity contribution is 7.88. The minimum absolute atomic E-state index is 0.134. The molecule has 1 aliphatic heterocycles. The third-order valence-corrected chi connectivity index (χ3v) is 4.28. The minimum Gasteiger partial charge on any atom is -0.330 e. The first-order chi connectivity index (χ1) is 8.39. The van der Waals surface area contributed by atoms with Crippen LogP contribution in [0.2, 0.25) is 0 Å². The van der Waals surface area contributed by atoms with Crippen LogP contribution in [-0.2, 0) is 21.2 Å². The van der Waals surface area contributed by atoms with Crippen molar-refractivity contribution in [3.63, 3.8) is 0 Å². The van der Waals surface area contributed by atoms with E-state index in [0.29, 0.717) is 6.42 Å². The third kappa shape index (κ3) is 2.54. The maximum Gasteiger partial charge on any atom is 0.242 e. The van der Waals surface area contributed by atoms with Crippen molar-refractivity contribution in [3.05, 3.63) is 35.9 Å². The number of hydrogen-bond acceptors (Lipinski definition) is 3. The molecule has 5 nitrogen and oxygen atoms in total. The Bertz CT molecular complexity index is 542. The lowest BCUT2D eigenvalue weighted by molar-refractivity contribution is -0.127. The van der Waals surface area contributed by atoms with Gasteiger partial charge in [-0.15, -0.1) is 0 Å². The van der Waals surface area contributed by atoms with Crippen LogP contribution in [0.1, 0.15) is 5.56 Å². The molecule has 1 aromatic carbocycles. The summed E-state index contributed by atoms with van der Waals surface area (Å²) in [7, 11) is -1.75. The van der Waals surface area contributed by atoms with Gasteiger partial charge in [0.15, 0.2) is 0 Å². The molecule has 1 amide bonds. The second-order valence-corrected chi connectivity index (χ2v) is 6.47. The zero-order valence-corrected chi connectivity index (χ0v) is 11.2. The van der Waals surface area contributed by atoms with Crippen molar-refractivity contribution in [2.75, 3.05) is 20.0 Å². The van der Waals surface area contributed by atoms with E-state index in [4.69, 9.17) is 0 Å². The highest BCUT2D eigenvalue weighted by atomic mass is 32.2. The predicted molar refractivity (Wildman–Crippen MR) is 68.3 cm³/mol. The van der Waals surface area contributed by atoms with Crippen LogP contribution in [-0.4, -0.2) is 49.5 Å². The lowest BCUT2D eigenvalue weighted by atomic mass is 10.1. The van der Waals surface area contributed by atoms with E-state index in [9.17, 15) is 13.2 Å². The molecule has 1 fully saturated rings. The molecule has 0 spiro atoms. The number of hydrogen-bond donors (Lipinski definition) is 0.